The summed E-state index contributed by atoms with van der Waals surface area (Å²) in [6.07, 6.45) is 6.03. The van der Waals surface area contributed by atoms with Crippen molar-refractivity contribution in [2.45, 2.75) is 42.5 Å². The van der Waals surface area contributed by atoms with Crippen LogP contribution in [0.4, 0.5) is 8.78 Å². The molecule has 35 heavy (non-hydrogen) atoms. The van der Waals surface area contributed by atoms with Gasteiger partial charge in [0.25, 0.3) is 0 Å². The largest absolute Gasteiger partial charge is 0.494 e. The van der Waals surface area contributed by atoms with Crippen molar-refractivity contribution in [3.05, 3.63) is 83.2 Å². The first-order chi connectivity index (χ1) is 16.2. The first-order valence-electron chi connectivity index (χ1n) is 11.5. The second-order valence-electron chi connectivity index (χ2n) is 8.92. The molecule has 1 aliphatic carbocycles. The molecular weight excluding hydrogens is 494 g/mol. The van der Waals surface area contributed by atoms with Gasteiger partial charge in [0.15, 0.2) is 9.84 Å². The van der Waals surface area contributed by atoms with Crippen LogP contribution < -0.4 is 10.1 Å². The van der Waals surface area contributed by atoms with Crippen LogP contribution in [-0.4, -0.2) is 38.4 Å². The number of hydrogen-bond donors (Lipinski definition) is 1. The van der Waals surface area contributed by atoms with E-state index in [1.54, 1.807) is 30.1 Å². The van der Waals surface area contributed by atoms with E-state index in [-0.39, 0.29) is 36.7 Å². The van der Waals surface area contributed by atoms with Gasteiger partial charge in [-0.1, -0.05) is 6.07 Å². The summed E-state index contributed by atoms with van der Waals surface area (Å²) in [6, 6.07) is 11.4. The third kappa shape index (κ3) is 6.63. The average molecular weight is 525 g/mol. The summed E-state index contributed by atoms with van der Waals surface area (Å²) in [5.41, 5.74) is 2.92. The summed E-state index contributed by atoms with van der Waals surface area (Å²) in [4.78, 5) is 0.318. The Kier molecular flexibility index (Phi) is 8.96. The van der Waals surface area contributed by atoms with Crippen molar-refractivity contribution < 1.29 is 21.9 Å². The number of nitrogens with zero attached hydrogens (tertiary/aromatic N) is 1. The highest BCUT2D eigenvalue weighted by Crippen LogP contribution is 2.37. The van der Waals surface area contributed by atoms with Gasteiger partial charge in [0.2, 0.25) is 0 Å². The number of nitrogens with one attached hydrogen (secondary N) is 1. The molecule has 2 aromatic carbocycles. The molecule has 9 heteroatoms. The highest BCUT2D eigenvalue weighted by Gasteiger charge is 2.29. The Bertz CT molecular complexity index is 1240. The lowest BCUT2D eigenvalue weighted by Crippen LogP contribution is -2.37. The van der Waals surface area contributed by atoms with E-state index in [0.717, 1.165) is 24.5 Å². The SMILES string of the molecule is CNC1CCc2ccc(OCCCS(=O)(=O)c3ccn(C)c3)cc2C1Cc1cc(F)cc(F)c1.Cl. The number of aryl methyl sites for hydroxylation is 2. The zero-order valence-electron chi connectivity index (χ0n) is 19.8. The molecule has 1 N–H and O–H groups in total. The Balaban J connectivity index is 0.00000342. The molecule has 0 radical (unpaired) electrons. The van der Waals surface area contributed by atoms with Gasteiger partial charge >= 0.3 is 0 Å². The normalized spacial score (nSPS) is 17.5. The molecule has 2 unspecified atom stereocenters. The van der Waals surface area contributed by atoms with Crippen LogP contribution in [0.3, 0.4) is 0 Å². The molecule has 0 spiro atoms. The van der Waals surface area contributed by atoms with E-state index in [9.17, 15) is 17.2 Å². The third-order valence-corrected chi connectivity index (χ3v) is 8.25. The van der Waals surface area contributed by atoms with Crippen molar-refractivity contribution in [1.29, 1.82) is 0 Å². The fourth-order valence-electron chi connectivity index (χ4n) is 4.76. The van der Waals surface area contributed by atoms with Crippen LogP contribution in [0.15, 0.2) is 59.8 Å². The van der Waals surface area contributed by atoms with Crippen LogP contribution in [0.25, 0.3) is 0 Å². The standard InChI is InChI=1S/C26H30F2N2O3S.ClH/c1-29-26-7-5-19-4-6-22(33-10-3-11-34(31,32)23-8-9-30(2)17-23)16-24(19)25(26)14-18-12-20(27)15-21(28)13-18;/h4,6,8-9,12-13,15-17,25-26,29H,3,5,7,10-11,14H2,1-2H3;1H. The lowest BCUT2D eigenvalue weighted by molar-refractivity contribution is 0.315. The first-order valence-corrected chi connectivity index (χ1v) is 13.1. The number of aromatic nitrogens is 1. The Morgan fingerprint density at radius 1 is 1.11 bits per heavy atom. The molecular formula is C26H31ClF2N2O3S. The number of rotatable bonds is 9. The van der Waals surface area contributed by atoms with Crippen LogP contribution in [0.2, 0.25) is 0 Å². The fraction of sp³-hybridized carbons (Fsp3) is 0.385. The van der Waals surface area contributed by atoms with Crippen LogP contribution in [-0.2, 0) is 29.7 Å². The Hall–Kier alpha value is -2.42. The second-order valence-corrected chi connectivity index (χ2v) is 11.0. The predicted molar refractivity (Wildman–Crippen MR) is 135 cm³/mol. The van der Waals surface area contributed by atoms with Gasteiger partial charge < -0.3 is 14.6 Å². The summed E-state index contributed by atoms with van der Waals surface area (Å²) in [5, 5.41) is 3.35. The summed E-state index contributed by atoms with van der Waals surface area (Å²) < 4.78 is 60.1. The van der Waals surface area contributed by atoms with E-state index in [2.05, 4.69) is 5.32 Å². The molecule has 190 valence electrons. The molecule has 0 bridgehead atoms. The van der Waals surface area contributed by atoms with Crippen molar-refractivity contribution in [1.82, 2.24) is 9.88 Å². The van der Waals surface area contributed by atoms with Crippen molar-refractivity contribution >= 4 is 22.2 Å². The molecule has 3 aromatic rings. The Morgan fingerprint density at radius 3 is 2.51 bits per heavy atom. The van der Waals surface area contributed by atoms with E-state index in [0.29, 0.717) is 29.1 Å². The smallest absolute Gasteiger partial charge is 0.180 e. The average Bonchev–Trinajstić information content (AvgIpc) is 3.24. The van der Waals surface area contributed by atoms with Gasteiger partial charge in [-0.05, 0) is 79.8 Å². The maximum absolute atomic E-state index is 13.8. The number of halogens is 3. The summed E-state index contributed by atoms with van der Waals surface area (Å²) >= 11 is 0. The van der Waals surface area contributed by atoms with Crippen LogP contribution >= 0.6 is 12.4 Å². The summed E-state index contributed by atoms with van der Waals surface area (Å²) in [6.45, 7) is 0.278. The van der Waals surface area contributed by atoms with E-state index in [1.807, 2.05) is 25.2 Å². The molecule has 0 fully saturated rings. The van der Waals surface area contributed by atoms with Crippen molar-refractivity contribution in [2.75, 3.05) is 19.4 Å². The summed E-state index contributed by atoms with van der Waals surface area (Å²) in [7, 11) is 0.352. The second kappa shape index (κ2) is 11.5. The molecule has 4 rings (SSSR count). The number of hydrogen-bond acceptors (Lipinski definition) is 4. The van der Waals surface area contributed by atoms with Crippen molar-refractivity contribution in [3.63, 3.8) is 0 Å². The van der Waals surface area contributed by atoms with Gasteiger partial charge in [-0.3, -0.25) is 0 Å². The molecule has 0 saturated heterocycles. The monoisotopic (exact) mass is 524 g/mol. The quantitative estimate of drug-likeness (QED) is 0.407. The minimum absolute atomic E-state index is 0. The van der Waals surface area contributed by atoms with Gasteiger partial charge in [-0.25, -0.2) is 17.2 Å². The number of sulfone groups is 1. The maximum Gasteiger partial charge on any atom is 0.180 e. The molecule has 2 atom stereocenters. The molecule has 0 saturated carbocycles. The Morgan fingerprint density at radius 2 is 1.86 bits per heavy atom. The minimum Gasteiger partial charge on any atom is -0.494 e. The fourth-order valence-corrected chi connectivity index (χ4v) is 6.09. The van der Waals surface area contributed by atoms with Crippen molar-refractivity contribution in [2.24, 2.45) is 7.05 Å². The zero-order chi connectivity index (χ0) is 24.3. The van der Waals surface area contributed by atoms with E-state index < -0.39 is 21.5 Å². The topological polar surface area (TPSA) is 60.3 Å². The number of ether oxygens (including phenoxy) is 1. The maximum atomic E-state index is 13.8. The third-order valence-electron chi connectivity index (χ3n) is 6.47. The van der Waals surface area contributed by atoms with Gasteiger partial charge in [-0.2, -0.15) is 0 Å². The van der Waals surface area contributed by atoms with Crippen LogP contribution in [0.1, 0.15) is 35.4 Å². The molecule has 1 aliphatic rings. The molecule has 5 nitrogen and oxygen atoms in total. The number of benzene rings is 2. The van der Waals surface area contributed by atoms with Gasteiger partial charge in [0.1, 0.15) is 17.4 Å². The first kappa shape index (κ1) is 27.2. The highest BCUT2D eigenvalue weighted by molar-refractivity contribution is 7.91. The van der Waals surface area contributed by atoms with E-state index in [1.165, 1.54) is 17.7 Å². The van der Waals surface area contributed by atoms with E-state index in [4.69, 9.17) is 4.74 Å². The van der Waals surface area contributed by atoms with Gasteiger partial charge in [-0.15, -0.1) is 12.4 Å². The zero-order valence-corrected chi connectivity index (χ0v) is 21.5. The predicted octanol–water partition coefficient (Wildman–Crippen LogP) is 4.83. The summed E-state index contributed by atoms with van der Waals surface area (Å²) in [5.74, 6) is -0.429. The number of fused-ring (bicyclic) bond motifs is 1. The van der Waals surface area contributed by atoms with E-state index >= 15 is 0 Å². The minimum atomic E-state index is -3.34. The molecule has 0 aliphatic heterocycles. The number of likely N-dealkylation sites (N-methyl/N-ethyl adjacent to an activating group) is 1. The lowest BCUT2D eigenvalue weighted by Gasteiger charge is -2.34. The molecule has 1 aromatic heterocycles. The van der Waals surface area contributed by atoms with Crippen LogP contribution in [0.5, 0.6) is 5.75 Å². The highest BCUT2D eigenvalue weighted by atomic mass is 35.5. The molecule has 0 amide bonds. The van der Waals surface area contributed by atoms with Crippen molar-refractivity contribution in [3.8, 4) is 5.75 Å². The van der Waals surface area contributed by atoms with Crippen LogP contribution in [0, 0.1) is 11.6 Å². The van der Waals surface area contributed by atoms with Gasteiger partial charge in [0, 0.05) is 37.5 Å². The lowest BCUT2D eigenvalue weighted by atomic mass is 9.76. The Labute approximate surface area is 211 Å². The molecule has 1 heterocycles. The van der Waals surface area contributed by atoms with Gasteiger partial charge in [0.05, 0.1) is 17.3 Å².